The average molecular weight is 247 g/mol. The number of nitrogens with two attached hydrogens (primary N) is 1. The lowest BCUT2D eigenvalue weighted by atomic mass is 9.85. The highest BCUT2D eigenvalue weighted by Crippen LogP contribution is 2.34. The highest BCUT2D eigenvalue weighted by atomic mass is 16.3. The summed E-state index contributed by atoms with van der Waals surface area (Å²) in [5, 5.41) is 10.4. The fraction of sp³-hybridized carbons (Fsp3) is 0.625. The fourth-order valence-electron chi connectivity index (χ4n) is 3.02. The summed E-state index contributed by atoms with van der Waals surface area (Å²) in [5.41, 5.74) is 10.7. The number of hydrogen-bond acceptors (Lipinski definition) is 2. The summed E-state index contributed by atoms with van der Waals surface area (Å²) < 4.78 is 0. The smallest absolute Gasteiger partial charge is 0.123 e. The lowest BCUT2D eigenvalue weighted by molar-refractivity contribution is 0.456. The number of rotatable bonds is 5. The minimum Gasteiger partial charge on any atom is -0.507 e. The van der Waals surface area contributed by atoms with E-state index in [-0.39, 0.29) is 0 Å². The number of aryl methyl sites for hydroxylation is 2. The Hall–Kier alpha value is -1.02. The third-order valence-corrected chi connectivity index (χ3v) is 4.07. The van der Waals surface area contributed by atoms with E-state index in [1.807, 2.05) is 0 Å². The summed E-state index contributed by atoms with van der Waals surface area (Å²) in [6.07, 6.45) is 9.34. The first kappa shape index (κ1) is 13.4. The van der Waals surface area contributed by atoms with E-state index in [0.717, 1.165) is 36.8 Å². The Morgan fingerprint density at radius 3 is 2.72 bits per heavy atom. The summed E-state index contributed by atoms with van der Waals surface area (Å²) in [5.74, 6) is 0.481. The van der Waals surface area contributed by atoms with Gasteiger partial charge < -0.3 is 10.8 Å². The molecule has 0 saturated heterocycles. The van der Waals surface area contributed by atoms with Gasteiger partial charge in [0, 0.05) is 12.1 Å². The zero-order chi connectivity index (χ0) is 13.0. The van der Waals surface area contributed by atoms with Crippen LogP contribution in [0.3, 0.4) is 0 Å². The van der Waals surface area contributed by atoms with E-state index in [2.05, 4.69) is 13.0 Å². The molecular formula is C16H25NO. The van der Waals surface area contributed by atoms with Crippen molar-refractivity contribution in [3.05, 3.63) is 28.3 Å². The molecule has 0 saturated carbocycles. The van der Waals surface area contributed by atoms with E-state index in [4.69, 9.17) is 5.73 Å². The minimum absolute atomic E-state index is 0.468. The summed E-state index contributed by atoms with van der Waals surface area (Å²) >= 11 is 0. The van der Waals surface area contributed by atoms with Gasteiger partial charge in [-0.2, -0.15) is 0 Å². The van der Waals surface area contributed by atoms with Crippen molar-refractivity contribution in [3.8, 4) is 5.75 Å². The van der Waals surface area contributed by atoms with Crippen molar-refractivity contribution >= 4 is 0 Å². The molecule has 0 unspecified atom stereocenters. The van der Waals surface area contributed by atoms with Crippen LogP contribution in [0, 0.1) is 0 Å². The summed E-state index contributed by atoms with van der Waals surface area (Å²) in [4.78, 5) is 0. The quantitative estimate of drug-likeness (QED) is 0.783. The van der Waals surface area contributed by atoms with E-state index in [0.29, 0.717) is 12.3 Å². The Kier molecular flexibility index (Phi) is 4.65. The predicted octanol–water partition coefficient (Wildman–Crippen LogP) is 3.46. The molecule has 3 N–H and O–H groups in total. The zero-order valence-corrected chi connectivity index (χ0v) is 11.5. The van der Waals surface area contributed by atoms with Gasteiger partial charge >= 0.3 is 0 Å². The van der Waals surface area contributed by atoms with Crippen LogP contribution >= 0.6 is 0 Å². The Labute approximate surface area is 110 Å². The highest BCUT2D eigenvalue weighted by molar-refractivity contribution is 5.50. The molecule has 0 spiro atoms. The molecule has 0 amide bonds. The third kappa shape index (κ3) is 2.69. The largest absolute Gasteiger partial charge is 0.507 e. The molecule has 1 aromatic carbocycles. The second-order valence-corrected chi connectivity index (χ2v) is 5.37. The van der Waals surface area contributed by atoms with Gasteiger partial charge in [0.1, 0.15) is 5.75 Å². The van der Waals surface area contributed by atoms with Crippen LogP contribution in [0.15, 0.2) is 6.07 Å². The van der Waals surface area contributed by atoms with Gasteiger partial charge in [-0.15, -0.1) is 0 Å². The molecule has 1 aliphatic rings. The SMILES string of the molecule is CCCCCc1cc2c(c(CN)c1O)CCCC2. The number of benzene rings is 1. The first-order valence-electron chi connectivity index (χ1n) is 7.33. The second kappa shape index (κ2) is 6.24. The number of fused-ring (bicyclic) bond motifs is 1. The molecular weight excluding hydrogens is 222 g/mol. The molecule has 0 aromatic heterocycles. The van der Waals surface area contributed by atoms with Crippen LogP contribution < -0.4 is 5.73 Å². The van der Waals surface area contributed by atoms with Gasteiger partial charge in [0.15, 0.2) is 0 Å². The zero-order valence-electron chi connectivity index (χ0n) is 11.5. The molecule has 100 valence electrons. The number of phenols is 1. The molecule has 0 bridgehead atoms. The van der Waals surface area contributed by atoms with E-state index < -0.39 is 0 Å². The first-order valence-corrected chi connectivity index (χ1v) is 7.33. The normalized spacial score (nSPS) is 14.6. The van der Waals surface area contributed by atoms with Gasteiger partial charge in [0.2, 0.25) is 0 Å². The maximum absolute atomic E-state index is 10.4. The highest BCUT2D eigenvalue weighted by Gasteiger charge is 2.18. The van der Waals surface area contributed by atoms with Gasteiger partial charge in [-0.1, -0.05) is 25.8 Å². The molecule has 0 radical (unpaired) electrons. The van der Waals surface area contributed by atoms with E-state index >= 15 is 0 Å². The Morgan fingerprint density at radius 2 is 2.00 bits per heavy atom. The monoisotopic (exact) mass is 247 g/mol. The van der Waals surface area contributed by atoms with Gasteiger partial charge in [-0.3, -0.25) is 0 Å². The molecule has 2 nitrogen and oxygen atoms in total. The molecule has 2 rings (SSSR count). The van der Waals surface area contributed by atoms with E-state index in [1.165, 1.54) is 36.8 Å². The van der Waals surface area contributed by atoms with Gasteiger partial charge in [-0.25, -0.2) is 0 Å². The Balaban J connectivity index is 2.29. The predicted molar refractivity (Wildman–Crippen MR) is 75.9 cm³/mol. The standard InChI is InChI=1S/C16H25NO/c1-2-3-4-8-13-10-12-7-5-6-9-14(12)15(11-17)16(13)18/h10,18H,2-9,11,17H2,1H3. The van der Waals surface area contributed by atoms with Crippen LogP contribution in [0.5, 0.6) is 5.75 Å². The minimum atomic E-state index is 0.468. The Bertz CT molecular complexity index is 412. The van der Waals surface area contributed by atoms with Crippen LogP contribution in [0.25, 0.3) is 0 Å². The van der Waals surface area contributed by atoms with E-state index in [1.54, 1.807) is 0 Å². The molecule has 2 heteroatoms. The van der Waals surface area contributed by atoms with Crippen LogP contribution in [0.2, 0.25) is 0 Å². The number of hydrogen-bond donors (Lipinski definition) is 2. The maximum atomic E-state index is 10.4. The number of unbranched alkanes of at least 4 members (excludes halogenated alkanes) is 2. The van der Waals surface area contributed by atoms with Gasteiger partial charge in [0.05, 0.1) is 0 Å². The molecule has 0 fully saturated rings. The van der Waals surface area contributed by atoms with Crippen molar-refractivity contribution in [1.82, 2.24) is 0 Å². The maximum Gasteiger partial charge on any atom is 0.123 e. The van der Waals surface area contributed by atoms with Crippen molar-refractivity contribution < 1.29 is 5.11 Å². The first-order chi connectivity index (χ1) is 8.77. The average Bonchev–Trinajstić information content (AvgIpc) is 2.40. The third-order valence-electron chi connectivity index (χ3n) is 4.07. The van der Waals surface area contributed by atoms with Crippen molar-refractivity contribution in [2.45, 2.75) is 64.8 Å². The molecule has 0 aliphatic heterocycles. The van der Waals surface area contributed by atoms with Crippen LogP contribution in [0.4, 0.5) is 0 Å². The van der Waals surface area contributed by atoms with Crippen LogP contribution in [-0.4, -0.2) is 5.11 Å². The van der Waals surface area contributed by atoms with Gasteiger partial charge in [-0.05, 0) is 55.2 Å². The van der Waals surface area contributed by atoms with Crippen molar-refractivity contribution in [2.75, 3.05) is 0 Å². The number of aromatic hydroxyl groups is 1. The van der Waals surface area contributed by atoms with Crippen LogP contribution in [0.1, 0.15) is 61.3 Å². The van der Waals surface area contributed by atoms with Crippen molar-refractivity contribution in [3.63, 3.8) is 0 Å². The number of phenolic OH excluding ortho intramolecular Hbond substituents is 1. The van der Waals surface area contributed by atoms with E-state index in [9.17, 15) is 5.11 Å². The molecule has 1 aromatic rings. The second-order valence-electron chi connectivity index (χ2n) is 5.37. The van der Waals surface area contributed by atoms with Crippen molar-refractivity contribution in [1.29, 1.82) is 0 Å². The molecule has 0 atom stereocenters. The molecule has 1 aliphatic carbocycles. The molecule has 18 heavy (non-hydrogen) atoms. The lowest BCUT2D eigenvalue weighted by Gasteiger charge is -2.22. The van der Waals surface area contributed by atoms with Crippen LogP contribution in [-0.2, 0) is 25.8 Å². The fourth-order valence-corrected chi connectivity index (χ4v) is 3.02. The van der Waals surface area contributed by atoms with Gasteiger partial charge in [0.25, 0.3) is 0 Å². The molecule has 0 heterocycles. The topological polar surface area (TPSA) is 46.2 Å². The van der Waals surface area contributed by atoms with Crippen molar-refractivity contribution in [2.24, 2.45) is 5.73 Å². The lowest BCUT2D eigenvalue weighted by Crippen LogP contribution is -2.11. The summed E-state index contributed by atoms with van der Waals surface area (Å²) in [6.45, 7) is 2.67. The Morgan fingerprint density at radius 1 is 1.22 bits per heavy atom. The summed E-state index contributed by atoms with van der Waals surface area (Å²) in [7, 11) is 0. The summed E-state index contributed by atoms with van der Waals surface area (Å²) in [6, 6.07) is 2.23.